The molecule has 0 spiro atoms. The Hall–Kier alpha value is -1.73. The molecule has 1 atom stereocenters. The lowest BCUT2D eigenvalue weighted by molar-refractivity contribution is 0.0697. The minimum Gasteiger partial charge on any atom is -0.478 e. The van der Waals surface area contributed by atoms with Crippen molar-refractivity contribution in [2.24, 2.45) is 0 Å². The van der Waals surface area contributed by atoms with Gasteiger partial charge in [-0.15, -0.1) is 0 Å². The van der Waals surface area contributed by atoms with Crippen molar-refractivity contribution >= 4 is 23.3 Å². The lowest BCUT2D eigenvalue weighted by atomic mass is 10.1. The van der Waals surface area contributed by atoms with Crippen LogP contribution in [0.2, 0.25) is 5.02 Å². The first-order chi connectivity index (χ1) is 7.97. The molecule has 0 aliphatic carbocycles. The van der Waals surface area contributed by atoms with Gasteiger partial charge in [0, 0.05) is 18.8 Å². The summed E-state index contributed by atoms with van der Waals surface area (Å²) in [5.41, 5.74) is 0.875. The van der Waals surface area contributed by atoms with E-state index in [4.69, 9.17) is 22.0 Å². The van der Waals surface area contributed by atoms with E-state index >= 15 is 0 Å². The third kappa shape index (κ3) is 3.11. The third-order valence-corrected chi connectivity index (χ3v) is 2.95. The Morgan fingerprint density at radius 3 is 2.76 bits per heavy atom. The summed E-state index contributed by atoms with van der Waals surface area (Å²) in [5.74, 6) is -1.05. The maximum Gasteiger partial charge on any atom is 0.337 e. The molecular weight excluding hydrogens is 240 g/mol. The number of carboxylic acid groups (broad SMARTS) is 1. The molecule has 0 amide bonds. The highest BCUT2D eigenvalue weighted by Gasteiger charge is 2.13. The zero-order valence-electron chi connectivity index (χ0n) is 9.64. The Morgan fingerprint density at radius 1 is 1.65 bits per heavy atom. The quantitative estimate of drug-likeness (QED) is 0.895. The number of benzene rings is 1. The van der Waals surface area contributed by atoms with Crippen molar-refractivity contribution < 1.29 is 9.90 Å². The Morgan fingerprint density at radius 2 is 2.29 bits per heavy atom. The van der Waals surface area contributed by atoms with E-state index in [1.807, 2.05) is 18.9 Å². The summed E-state index contributed by atoms with van der Waals surface area (Å²) in [4.78, 5) is 12.7. The van der Waals surface area contributed by atoms with E-state index in [1.54, 1.807) is 12.1 Å². The van der Waals surface area contributed by atoms with Gasteiger partial charge in [-0.3, -0.25) is 0 Å². The molecule has 0 aliphatic heterocycles. The molecule has 1 aromatic rings. The van der Waals surface area contributed by atoms with Crippen LogP contribution in [0.15, 0.2) is 18.2 Å². The van der Waals surface area contributed by atoms with Crippen LogP contribution >= 0.6 is 11.6 Å². The van der Waals surface area contributed by atoms with Gasteiger partial charge < -0.3 is 10.0 Å². The number of anilines is 1. The van der Waals surface area contributed by atoms with Crippen LogP contribution in [0.4, 0.5) is 5.69 Å². The van der Waals surface area contributed by atoms with Gasteiger partial charge in [0.15, 0.2) is 0 Å². The number of hydrogen-bond donors (Lipinski definition) is 1. The van der Waals surface area contributed by atoms with Gasteiger partial charge in [-0.1, -0.05) is 11.6 Å². The molecular formula is C12H13ClN2O2. The third-order valence-electron chi connectivity index (χ3n) is 2.64. The molecule has 1 aromatic carbocycles. The second-order valence-electron chi connectivity index (χ2n) is 3.79. The summed E-state index contributed by atoms with van der Waals surface area (Å²) in [6.45, 7) is 1.92. The van der Waals surface area contributed by atoms with Gasteiger partial charge in [0.2, 0.25) is 0 Å². The maximum absolute atomic E-state index is 10.8. The molecule has 17 heavy (non-hydrogen) atoms. The van der Waals surface area contributed by atoms with Crippen LogP contribution in [0.1, 0.15) is 23.7 Å². The molecule has 1 N–H and O–H groups in total. The van der Waals surface area contributed by atoms with Crippen molar-refractivity contribution in [2.75, 3.05) is 11.9 Å². The minimum atomic E-state index is -1.05. The number of hydrogen-bond acceptors (Lipinski definition) is 3. The standard InChI is InChI=1S/C12H13ClN2O2/c1-8(5-6-14)15(2)9-3-4-10(12(16)17)11(13)7-9/h3-4,7-8H,5H2,1-2H3,(H,16,17). The Kier molecular flexibility index (Phi) is 4.36. The van der Waals surface area contributed by atoms with E-state index in [1.165, 1.54) is 6.07 Å². The molecule has 0 aromatic heterocycles. The number of halogens is 1. The van der Waals surface area contributed by atoms with Gasteiger partial charge in [-0.2, -0.15) is 5.26 Å². The van der Waals surface area contributed by atoms with E-state index < -0.39 is 5.97 Å². The molecule has 0 fully saturated rings. The smallest absolute Gasteiger partial charge is 0.337 e. The summed E-state index contributed by atoms with van der Waals surface area (Å²) in [7, 11) is 1.84. The SMILES string of the molecule is CC(CC#N)N(C)c1ccc(C(=O)O)c(Cl)c1. The van der Waals surface area contributed by atoms with E-state index in [9.17, 15) is 4.79 Å². The van der Waals surface area contributed by atoms with Crippen LogP contribution in [0, 0.1) is 11.3 Å². The van der Waals surface area contributed by atoms with Crippen LogP contribution < -0.4 is 4.90 Å². The van der Waals surface area contributed by atoms with Crippen molar-refractivity contribution in [3.8, 4) is 6.07 Å². The van der Waals surface area contributed by atoms with Gasteiger partial charge in [-0.05, 0) is 25.1 Å². The van der Waals surface area contributed by atoms with Crippen molar-refractivity contribution in [1.29, 1.82) is 5.26 Å². The molecule has 0 aliphatic rings. The molecule has 0 saturated carbocycles. The number of carboxylic acids is 1. The van der Waals surface area contributed by atoms with Gasteiger partial charge >= 0.3 is 5.97 Å². The van der Waals surface area contributed by atoms with Gasteiger partial charge in [0.1, 0.15) is 0 Å². The number of rotatable bonds is 4. The average molecular weight is 253 g/mol. The van der Waals surface area contributed by atoms with Crippen LogP contribution in [-0.2, 0) is 0 Å². The van der Waals surface area contributed by atoms with Crippen LogP contribution in [-0.4, -0.2) is 24.2 Å². The first-order valence-electron chi connectivity index (χ1n) is 5.10. The fraction of sp³-hybridized carbons (Fsp3) is 0.333. The second kappa shape index (κ2) is 5.55. The molecule has 4 nitrogen and oxygen atoms in total. The normalized spacial score (nSPS) is 11.6. The van der Waals surface area contributed by atoms with Gasteiger partial charge in [0.05, 0.1) is 23.1 Å². The summed E-state index contributed by atoms with van der Waals surface area (Å²) < 4.78 is 0. The fourth-order valence-corrected chi connectivity index (χ4v) is 1.68. The van der Waals surface area contributed by atoms with Crippen molar-refractivity contribution in [3.05, 3.63) is 28.8 Å². The Balaban J connectivity index is 2.98. The molecule has 5 heteroatoms. The molecule has 1 unspecified atom stereocenters. The fourth-order valence-electron chi connectivity index (χ4n) is 1.42. The molecule has 0 saturated heterocycles. The van der Waals surface area contributed by atoms with Crippen molar-refractivity contribution in [2.45, 2.75) is 19.4 Å². The van der Waals surface area contributed by atoms with Crippen LogP contribution in [0.5, 0.6) is 0 Å². The van der Waals surface area contributed by atoms with Crippen molar-refractivity contribution in [1.82, 2.24) is 0 Å². The highest BCUT2D eigenvalue weighted by molar-refractivity contribution is 6.33. The molecule has 0 heterocycles. The summed E-state index contributed by atoms with van der Waals surface area (Å²) >= 11 is 5.88. The van der Waals surface area contributed by atoms with Crippen LogP contribution in [0.25, 0.3) is 0 Å². The lowest BCUT2D eigenvalue weighted by Crippen LogP contribution is -2.28. The van der Waals surface area contributed by atoms with E-state index in [2.05, 4.69) is 6.07 Å². The Bertz CT molecular complexity index is 468. The largest absolute Gasteiger partial charge is 0.478 e. The molecule has 90 valence electrons. The monoisotopic (exact) mass is 252 g/mol. The van der Waals surface area contributed by atoms with E-state index in [0.717, 1.165) is 5.69 Å². The topological polar surface area (TPSA) is 64.3 Å². The van der Waals surface area contributed by atoms with Crippen LogP contribution in [0.3, 0.4) is 0 Å². The average Bonchev–Trinajstić information content (AvgIpc) is 2.27. The number of nitriles is 1. The molecule has 1 rings (SSSR count). The summed E-state index contributed by atoms with van der Waals surface area (Å²) in [6.07, 6.45) is 0.398. The highest BCUT2D eigenvalue weighted by Crippen LogP contribution is 2.24. The maximum atomic E-state index is 10.8. The van der Waals surface area contributed by atoms with Crippen molar-refractivity contribution in [3.63, 3.8) is 0 Å². The van der Waals surface area contributed by atoms with Gasteiger partial charge in [0.25, 0.3) is 0 Å². The van der Waals surface area contributed by atoms with E-state index in [0.29, 0.717) is 6.42 Å². The summed E-state index contributed by atoms with van der Waals surface area (Å²) in [6, 6.07) is 6.89. The zero-order valence-corrected chi connectivity index (χ0v) is 10.4. The summed E-state index contributed by atoms with van der Waals surface area (Å²) in [5, 5.41) is 17.7. The number of nitrogens with zero attached hydrogens (tertiary/aromatic N) is 2. The predicted molar refractivity (Wildman–Crippen MR) is 66.5 cm³/mol. The zero-order chi connectivity index (χ0) is 13.0. The molecule has 0 bridgehead atoms. The Labute approximate surface area is 105 Å². The van der Waals surface area contributed by atoms with E-state index in [-0.39, 0.29) is 16.6 Å². The van der Waals surface area contributed by atoms with Gasteiger partial charge in [-0.25, -0.2) is 4.79 Å². The number of aromatic carboxylic acids is 1. The molecule has 0 radical (unpaired) electrons. The predicted octanol–water partition coefficient (Wildman–Crippen LogP) is 2.78. The lowest BCUT2D eigenvalue weighted by Gasteiger charge is -2.25. The first kappa shape index (κ1) is 13.3. The highest BCUT2D eigenvalue weighted by atomic mass is 35.5. The minimum absolute atomic E-state index is 0.0479. The second-order valence-corrected chi connectivity index (χ2v) is 4.20. The number of carbonyl (C=O) groups is 1. The first-order valence-corrected chi connectivity index (χ1v) is 5.47.